The topological polar surface area (TPSA) is 147 Å². The van der Waals surface area contributed by atoms with E-state index in [1.807, 2.05) is 6.92 Å². The predicted octanol–water partition coefficient (Wildman–Crippen LogP) is 2.51. The van der Waals surface area contributed by atoms with Crippen LogP contribution < -0.4 is 19.5 Å². The third-order valence-corrected chi connectivity index (χ3v) is 6.17. The minimum Gasteiger partial charge on any atom is -0.491 e. The number of hydrogen-bond acceptors (Lipinski definition) is 10. The average Bonchev–Trinajstić information content (AvgIpc) is 3.39. The first-order chi connectivity index (χ1) is 17.8. The maximum atomic E-state index is 12.3. The summed E-state index contributed by atoms with van der Waals surface area (Å²) >= 11 is 0. The molecule has 1 amide bonds. The van der Waals surface area contributed by atoms with E-state index in [9.17, 15) is 13.2 Å². The van der Waals surface area contributed by atoms with Crippen LogP contribution in [0.1, 0.15) is 37.6 Å². The number of hydrogen-bond donors (Lipinski definition) is 2. The molecule has 1 unspecified atom stereocenters. The third-order valence-electron chi connectivity index (χ3n) is 5.30. The zero-order valence-corrected chi connectivity index (χ0v) is 22.1. The van der Waals surface area contributed by atoms with Gasteiger partial charge in [-0.2, -0.15) is 13.1 Å². The van der Waals surface area contributed by atoms with Gasteiger partial charge >= 0.3 is 16.4 Å². The van der Waals surface area contributed by atoms with Crippen LogP contribution >= 0.6 is 0 Å². The summed E-state index contributed by atoms with van der Waals surface area (Å²) in [6, 6.07) is 5.30. The van der Waals surface area contributed by atoms with Gasteiger partial charge in [-0.15, -0.1) is 0 Å². The van der Waals surface area contributed by atoms with Crippen molar-refractivity contribution in [2.45, 2.75) is 45.8 Å². The lowest BCUT2D eigenvalue weighted by molar-refractivity contribution is 0.0680. The summed E-state index contributed by atoms with van der Waals surface area (Å²) in [5.74, 6) is 1.07. The highest BCUT2D eigenvalue weighted by Gasteiger charge is 2.22. The number of ether oxygens (including phenoxy) is 4. The van der Waals surface area contributed by atoms with Crippen molar-refractivity contribution in [1.29, 1.82) is 0 Å². The van der Waals surface area contributed by atoms with Crippen LogP contribution in [-0.4, -0.2) is 70.7 Å². The molecule has 3 rings (SSSR count). The van der Waals surface area contributed by atoms with E-state index in [0.29, 0.717) is 73.5 Å². The second kappa shape index (κ2) is 14.1. The number of methoxy groups -OCH3 is 1. The molecule has 1 aliphatic rings. The summed E-state index contributed by atoms with van der Waals surface area (Å²) in [4.78, 5) is 20.7. The van der Waals surface area contributed by atoms with Gasteiger partial charge in [0.1, 0.15) is 24.7 Å². The summed E-state index contributed by atoms with van der Waals surface area (Å²) in [5.41, 5.74) is 1.97. The van der Waals surface area contributed by atoms with Crippen molar-refractivity contribution < 1.29 is 36.3 Å². The molecule has 13 heteroatoms. The maximum Gasteiger partial charge on any atom is 0.423 e. The minimum absolute atomic E-state index is 0.0169. The molecule has 1 fully saturated rings. The molecule has 37 heavy (non-hydrogen) atoms. The van der Waals surface area contributed by atoms with E-state index in [2.05, 4.69) is 24.2 Å². The zero-order valence-electron chi connectivity index (χ0n) is 21.3. The van der Waals surface area contributed by atoms with Gasteiger partial charge < -0.3 is 28.4 Å². The first-order valence-electron chi connectivity index (χ1n) is 12.1. The molecule has 0 bridgehead atoms. The molecule has 0 aliphatic carbocycles. The Balaban J connectivity index is 1.84. The van der Waals surface area contributed by atoms with E-state index in [-0.39, 0.29) is 12.6 Å². The van der Waals surface area contributed by atoms with E-state index in [4.69, 9.17) is 18.9 Å². The minimum atomic E-state index is -4.38. The number of aryl methyl sites for hydroxylation is 1. The number of aromatic nitrogens is 2. The van der Waals surface area contributed by atoms with Crippen molar-refractivity contribution in [3.05, 3.63) is 35.8 Å². The Morgan fingerprint density at radius 1 is 1.24 bits per heavy atom. The van der Waals surface area contributed by atoms with E-state index >= 15 is 0 Å². The molecule has 0 saturated carbocycles. The maximum absolute atomic E-state index is 12.3. The first-order valence-corrected chi connectivity index (χ1v) is 13.5. The Hall–Kier alpha value is -3.00. The number of amides is 1. The molecule has 0 radical (unpaired) electrons. The Morgan fingerprint density at radius 3 is 2.81 bits per heavy atom. The number of nitrogens with zero attached hydrogens (tertiary/aromatic N) is 2. The van der Waals surface area contributed by atoms with Gasteiger partial charge in [0.25, 0.3) is 0 Å². The molecular formula is C24H34N4O8S. The van der Waals surface area contributed by atoms with E-state index in [1.54, 1.807) is 32.2 Å². The van der Waals surface area contributed by atoms with Gasteiger partial charge in [-0.3, -0.25) is 4.98 Å². The summed E-state index contributed by atoms with van der Waals surface area (Å²) in [7, 11) is -2.78. The highest BCUT2D eigenvalue weighted by molar-refractivity contribution is 7.85. The fourth-order valence-corrected chi connectivity index (χ4v) is 4.13. The summed E-state index contributed by atoms with van der Waals surface area (Å²) in [5, 5.41) is 2.34. The van der Waals surface area contributed by atoms with E-state index in [0.717, 1.165) is 12.8 Å². The van der Waals surface area contributed by atoms with Gasteiger partial charge in [-0.25, -0.2) is 9.78 Å². The molecule has 2 heterocycles. The number of carbonyl (C=O) groups excluding carboxylic acids is 1. The van der Waals surface area contributed by atoms with E-state index < -0.39 is 16.4 Å². The molecule has 2 aromatic rings. The molecular weight excluding hydrogens is 504 g/mol. The Morgan fingerprint density at radius 2 is 2.08 bits per heavy atom. The molecule has 204 valence electrons. The van der Waals surface area contributed by atoms with Crippen LogP contribution in [0.2, 0.25) is 0 Å². The lowest BCUT2D eigenvalue weighted by Gasteiger charge is -2.17. The molecule has 2 N–H and O–H groups in total. The Bertz CT molecular complexity index is 1140. The average molecular weight is 539 g/mol. The van der Waals surface area contributed by atoms with Gasteiger partial charge in [0.05, 0.1) is 36.3 Å². The van der Waals surface area contributed by atoms with Gasteiger partial charge in [-0.05, 0) is 38.3 Å². The fourth-order valence-electron chi connectivity index (χ4n) is 3.50. The molecule has 1 aliphatic heterocycles. The monoisotopic (exact) mass is 538 g/mol. The number of carbonyl (C=O) groups is 1. The lowest BCUT2D eigenvalue weighted by atomic mass is 10.1. The molecule has 12 nitrogen and oxygen atoms in total. The quantitative estimate of drug-likeness (QED) is 0.344. The highest BCUT2D eigenvalue weighted by Crippen LogP contribution is 2.34. The van der Waals surface area contributed by atoms with Crippen molar-refractivity contribution in [2.75, 3.05) is 40.1 Å². The smallest absolute Gasteiger partial charge is 0.423 e. The summed E-state index contributed by atoms with van der Waals surface area (Å²) < 4.78 is 53.9. The van der Waals surface area contributed by atoms with Crippen LogP contribution in [0.25, 0.3) is 11.3 Å². The first kappa shape index (κ1) is 28.6. The highest BCUT2D eigenvalue weighted by atomic mass is 32.2. The van der Waals surface area contributed by atoms with E-state index in [1.165, 1.54) is 6.20 Å². The zero-order chi connectivity index (χ0) is 26.7. The number of benzene rings is 1. The normalized spacial score (nSPS) is 15.4. The van der Waals surface area contributed by atoms with Gasteiger partial charge in [0, 0.05) is 38.1 Å². The Labute approximate surface area is 217 Å². The van der Waals surface area contributed by atoms with Gasteiger partial charge in [-0.1, -0.05) is 6.92 Å². The van der Waals surface area contributed by atoms with Crippen LogP contribution in [0.15, 0.2) is 24.4 Å². The van der Waals surface area contributed by atoms with Crippen molar-refractivity contribution in [1.82, 2.24) is 20.0 Å². The van der Waals surface area contributed by atoms with Crippen molar-refractivity contribution in [3.63, 3.8) is 0 Å². The Kier molecular flexibility index (Phi) is 10.9. The van der Waals surface area contributed by atoms with Crippen LogP contribution in [0.3, 0.4) is 0 Å². The summed E-state index contributed by atoms with van der Waals surface area (Å²) in [6.07, 6.45) is 2.97. The summed E-state index contributed by atoms with van der Waals surface area (Å²) in [6.45, 7) is 5.49. The van der Waals surface area contributed by atoms with Crippen LogP contribution in [0.5, 0.6) is 11.5 Å². The SMILES string of the molecule is CCCNC(=O)OS(=O)(=O)NCc1ncc(C)nc1-c1ccc(OCCOC)cc1OCC1CCCO1. The molecule has 1 aromatic heterocycles. The van der Waals surface area contributed by atoms with Crippen molar-refractivity contribution >= 4 is 16.4 Å². The number of rotatable bonds is 14. The second-order valence-electron chi connectivity index (χ2n) is 8.32. The van der Waals surface area contributed by atoms with Crippen LogP contribution in [0, 0.1) is 6.92 Å². The predicted molar refractivity (Wildman–Crippen MR) is 135 cm³/mol. The standard InChI is InChI=1S/C24H34N4O8S/c1-4-9-25-24(29)36-37(30,31)27-15-21-23(28-17(2)14-26-21)20-8-7-18(34-12-11-32-3)13-22(20)35-16-19-6-5-10-33-19/h7-8,13-14,19,27H,4-6,9-12,15-16H2,1-3H3,(H,25,29). The molecule has 1 atom stereocenters. The van der Waals surface area contributed by atoms with Crippen molar-refractivity contribution in [2.24, 2.45) is 0 Å². The largest absolute Gasteiger partial charge is 0.491 e. The molecule has 1 aromatic carbocycles. The molecule has 0 spiro atoms. The van der Waals surface area contributed by atoms with Crippen molar-refractivity contribution in [3.8, 4) is 22.8 Å². The molecule has 1 saturated heterocycles. The van der Waals surface area contributed by atoms with Crippen LogP contribution in [-0.2, 0) is 30.5 Å². The van der Waals surface area contributed by atoms with Crippen LogP contribution in [0.4, 0.5) is 4.79 Å². The number of nitrogens with one attached hydrogen (secondary N) is 2. The van der Waals surface area contributed by atoms with Gasteiger partial charge in [0.2, 0.25) is 0 Å². The fraction of sp³-hybridized carbons (Fsp3) is 0.542. The second-order valence-corrected chi connectivity index (χ2v) is 9.69. The lowest BCUT2D eigenvalue weighted by Crippen LogP contribution is -2.33. The third kappa shape index (κ3) is 9.11. The van der Waals surface area contributed by atoms with Gasteiger partial charge in [0.15, 0.2) is 0 Å².